The fourth-order valence-corrected chi connectivity index (χ4v) is 1.67. The molecular formula is C10H7BrFN5O3. The number of rotatable bonds is 4. The molecular weight excluding hydrogens is 337 g/mol. The lowest BCUT2D eigenvalue weighted by Gasteiger charge is -2.07. The van der Waals surface area contributed by atoms with Gasteiger partial charge in [-0.05, 0) is 12.1 Å². The van der Waals surface area contributed by atoms with Crippen LogP contribution in [0, 0.1) is 15.9 Å². The van der Waals surface area contributed by atoms with Crippen LogP contribution >= 0.6 is 15.9 Å². The Hall–Kier alpha value is -2.33. The van der Waals surface area contributed by atoms with E-state index >= 15 is 0 Å². The maximum Gasteiger partial charge on any atom is 0.312 e. The van der Waals surface area contributed by atoms with Crippen molar-refractivity contribution >= 4 is 27.6 Å². The molecule has 0 saturated carbocycles. The molecule has 10 heteroatoms. The molecule has 1 heterocycles. The van der Waals surface area contributed by atoms with Crippen LogP contribution in [0.3, 0.4) is 0 Å². The number of anilines is 1. The molecule has 0 unspecified atom stereocenters. The van der Waals surface area contributed by atoms with Gasteiger partial charge in [0.05, 0.1) is 11.1 Å². The van der Waals surface area contributed by atoms with Crippen LogP contribution in [0.25, 0.3) is 0 Å². The third kappa shape index (κ3) is 2.97. The van der Waals surface area contributed by atoms with Crippen LogP contribution in [-0.2, 0) is 0 Å². The van der Waals surface area contributed by atoms with E-state index in [2.05, 4.69) is 31.3 Å². The van der Waals surface area contributed by atoms with Gasteiger partial charge in [0.15, 0.2) is 0 Å². The minimum atomic E-state index is -0.874. The first kappa shape index (κ1) is 14.1. The van der Waals surface area contributed by atoms with Crippen LogP contribution in [0.4, 0.5) is 16.0 Å². The Kier molecular flexibility index (Phi) is 4.05. The minimum absolute atomic E-state index is 0.0823. The van der Waals surface area contributed by atoms with Crippen LogP contribution in [0.15, 0.2) is 28.9 Å². The zero-order valence-corrected chi connectivity index (χ0v) is 11.3. The molecule has 0 saturated heterocycles. The molecule has 0 spiro atoms. The molecule has 0 aliphatic heterocycles. The second-order valence-corrected chi connectivity index (χ2v) is 4.38. The van der Waals surface area contributed by atoms with Gasteiger partial charge in [-0.1, -0.05) is 15.9 Å². The highest BCUT2D eigenvalue weighted by atomic mass is 79.9. The number of nitrogens with one attached hydrogen (secondary N) is 1. The summed E-state index contributed by atoms with van der Waals surface area (Å²) in [5, 5.41) is 10.9. The monoisotopic (exact) mass is 343 g/mol. The van der Waals surface area contributed by atoms with Gasteiger partial charge in [0.1, 0.15) is 0 Å². The zero-order chi connectivity index (χ0) is 14.7. The summed E-state index contributed by atoms with van der Waals surface area (Å²) in [4.78, 5) is 17.4. The third-order valence-corrected chi connectivity index (χ3v) is 2.66. The second-order valence-electron chi connectivity index (χ2n) is 3.46. The molecule has 2 aromatic rings. The number of hydrazine groups is 1. The lowest BCUT2D eigenvalue weighted by Crippen LogP contribution is -2.11. The molecule has 20 heavy (non-hydrogen) atoms. The number of nitrogen functional groups attached to an aromatic ring is 1. The lowest BCUT2D eigenvalue weighted by molar-refractivity contribution is -0.385. The van der Waals surface area contributed by atoms with E-state index in [-0.39, 0.29) is 17.4 Å². The van der Waals surface area contributed by atoms with Crippen molar-refractivity contribution in [1.82, 2.24) is 9.97 Å². The molecule has 0 radical (unpaired) electrons. The SMILES string of the molecule is NNc1ncc(F)c(Oc2ccc(Br)cc2[N+](=O)[O-])n1. The van der Waals surface area contributed by atoms with Crippen LogP contribution in [0.5, 0.6) is 11.6 Å². The van der Waals surface area contributed by atoms with Gasteiger partial charge in [-0.2, -0.15) is 9.37 Å². The topological polar surface area (TPSA) is 116 Å². The van der Waals surface area contributed by atoms with E-state index < -0.39 is 16.6 Å². The Morgan fingerprint density at radius 1 is 1.50 bits per heavy atom. The van der Waals surface area contributed by atoms with Gasteiger partial charge < -0.3 is 4.74 Å². The van der Waals surface area contributed by atoms with E-state index in [1.807, 2.05) is 0 Å². The van der Waals surface area contributed by atoms with Crippen molar-refractivity contribution in [2.75, 3.05) is 5.43 Å². The number of ether oxygens (including phenoxy) is 1. The summed E-state index contributed by atoms with van der Waals surface area (Å²) in [6, 6.07) is 4.07. The molecule has 0 fully saturated rings. The Bertz CT molecular complexity index is 669. The first-order valence-corrected chi connectivity index (χ1v) is 5.91. The predicted octanol–water partition coefficient (Wildman–Crippen LogP) is 2.36. The van der Waals surface area contributed by atoms with Crippen molar-refractivity contribution in [3.05, 3.63) is 44.8 Å². The number of halogens is 2. The van der Waals surface area contributed by atoms with Gasteiger partial charge in [-0.25, -0.2) is 10.8 Å². The highest BCUT2D eigenvalue weighted by Gasteiger charge is 2.19. The van der Waals surface area contributed by atoms with Gasteiger partial charge in [-0.3, -0.25) is 15.5 Å². The van der Waals surface area contributed by atoms with Crippen LogP contribution < -0.4 is 16.0 Å². The van der Waals surface area contributed by atoms with Crippen molar-refractivity contribution in [2.45, 2.75) is 0 Å². The number of nitro groups is 1. The molecule has 1 aromatic heterocycles. The normalized spacial score (nSPS) is 10.2. The summed E-state index contributed by atoms with van der Waals surface area (Å²) in [7, 11) is 0. The molecule has 0 amide bonds. The number of nitro benzene ring substituents is 1. The van der Waals surface area contributed by atoms with Crippen LogP contribution in [0.2, 0.25) is 0 Å². The molecule has 8 nitrogen and oxygen atoms in total. The molecule has 0 aliphatic rings. The van der Waals surface area contributed by atoms with E-state index in [0.29, 0.717) is 4.47 Å². The molecule has 0 aliphatic carbocycles. The number of benzene rings is 1. The van der Waals surface area contributed by atoms with Gasteiger partial charge in [0, 0.05) is 10.5 Å². The minimum Gasteiger partial charge on any atom is -0.429 e. The maximum absolute atomic E-state index is 13.5. The quantitative estimate of drug-likeness (QED) is 0.497. The molecule has 104 valence electrons. The van der Waals surface area contributed by atoms with Crippen LogP contribution in [0.1, 0.15) is 0 Å². The van der Waals surface area contributed by atoms with E-state index in [9.17, 15) is 14.5 Å². The molecule has 0 atom stereocenters. The van der Waals surface area contributed by atoms with Crippen molar-refractivity contribution in [2.24, 2.45) is 5.84 Å². The summed E-state index contributed by atoms with van der Waals surface area (Å²) in [6.07, 6.45) is 0.836. The summed E-state index contributed by atoms with van der Waals surface area (Å²) >= 11 is 3.10. The highest BCUT2D eigenvalue weighted by molar-refractivity contribution is 9.10. The Morgan fingerprint density at radius 2 is 2.25 bits per heavy atom. The third-order valence-electron chi connectivity index (χ3n) is 2.17. The number of nitrogens with zero attached hydrogens (tertiary/aromatic N) is 3. The Labute approximate surface area is 120 Å². The van der Waals surface area contributed by atoms with Crippen molar-refractivity contribution < 1.29 is 14.1 Å². The largest absolute Gasteiger partial charge is 0.429 e. The van der Waals surface area contributed by atoms with E-state index in [0.717, 1.165) is 6.20 Å². The average Bonchev–Trinajstić information content (AvgIpc) is 2.42. The van der Waals surface area contributed by atoms with E-state index in [4.69, 9.17) is 10.6 Å². The first-order chi connectivity index (χ1) is 9.51. The summed E-state index contributed by atoms with van der Waals surface area (Å²) in [5.41, 5.74) is 1.78. The number of nitrogens with two attached hydrogens (primary N) is 1. The second kappa shape index (κ2) is 5.75. The predicted molar refractivity (Wildman–Crippen MR) is 70.7 cm³/mol. The highest BCUT2D eigenvalue weighted by Crippen LogP contribution is 2.33. The first-order valence-electron chi connectivity index (χ1n) is 5.12. The number of aromatic nitrogens is 2. The average molecular weight is 344 g/mol. The fourth-order valence-electron chi connectivity index (χ4n) is 1.32. The van der Waals surface area contributed by atoms with Crippen LogP contribution in [-0.4, -0.2) is 14.9 Å². The smallest absolute Gasteiger partial charge is 0.312 e. The van der Waals surface area contributed by atoms with Crippen molar-refractivity contribution in [1.29, 1.82) is 0 Å². The summed E-state index contributed by atoms with van der Waals surface area (Å²) in [6.45, 7) is 0. The molecule has 3 N–H and O–H groups in total. The van der Waals surface area contributed by atoms with E-state index in [1.165, 1.54) is 18.2 Å². The van der Waals surface area contributed by atoms with Gasteiger partial charge in [-0.15, -0.1) is 0 Å². The van der Waals surface area contributed by atoms with Gasteiger partial charge in [0.25, 0.3) is 5.88 Å². The van der Waals surface area contributed by atoms with Gasteiger partial charge in [0.2, 0.25) is 17.5 Å². The lowest BCUT2D eigenvalue weighted by atomic mass is 10.3. The van der Waals surface area contributed by atoms with E-state index in [1.54, 1.807) is 0 Å². The number of hydrogen-bond acceptors (Lipinski definition) is 7. The molecule has 1 aromatic carbocycles. The number of hydrogen-bond donors (Lipinski definition) is 2. The maximum atomic E-state index is 13.5. The Balaban J connectivity index is 2.42. The Morgan fingerprint density at radius 3 is 2.90 bits per heavy atom. The molecule has 2 rings (SSSR count). The summed E-state index contributed by atoms with van der Waals surface area (Å²) in [5.74, 6) is 3.51. The standard InChI is InChI=1S/C10H7BrFN5O3/c11-5-1-2-8(7(3-5)17(18)19)20-9-6(12)4-14-10(15-9)16-13/h1-4H,13H2,(H,14,15,16). The van der Waals surface area contributed by atoms with Crippen molar-refractivity contribution in [3.8, 4) is 11.6 Å². The summed E-state index contributed by atoms with van der Waals surface area (Å²) < 4.78 is 19.1. The van der Waals surface area contributed by atoms with Crippen molar-refractivity contribution in [3.63, 3.8) is 0 Å². The van der Waals surface area contributed by atoms with Gasteiger partial charge >= 0.3 is 5.69 Å². The fraction of sp³-hybridized carbons (Fsp3) is 0. The zero-order valence-electron chi connectivity index (χ0n) is 9.71. The molecule has 0 bridgehead atoms.